The molecule has 6 nitrogen and oxygen atoms in total. The highest BCUT2D eigenvalue weighted by Gasteiger charge is 2.29. The van der Waals surface area contributed by atoms with Gasteiger partial charge in [-0.25, -0.2) is 8.42 Å². The summed E-state index contributed by atoms with van der Waals surface area (Å²) in [7, 11) is -3.28. The lowest BCUT2D eigenvalue weighted by molar-refractivity contribution is 0.197. The van der Waals surface area contributed by atoms with E-state index in [-0.39, 0.29) is 11.7 Å². The van der Waals surface area contributed by atoms with Gasteiger partial charge in [0.25, 0.3) is 0 Å². The number of benzene rings is 1. The maximum Gasteiger partial charge on any atom is 0.188 e. The van der Waals surface area contributed by atoms with E-state index >= 15 is 0 Å². The molecule has 0 spiro atoms. The zero-order chi connectivity index (χ0) is 16.4. The SMILES string of the molecule is CS(=O)(=O)c1snnc1[C@H]1CCCN(Cc2cccc(O)c2)C1. The van der Waals surface area contributed by atoms with E-state index in [2.05, 4.69) is 14.5 Å². The Morgan fingerprint density at radius 2 is 2.26 bits per heavy atom. The first kappa shape index (κ1) is 16.4. The van der Waals surface area contributed by atoms with Crippen molar-refractivity contribution >= 4 is 21.4 Å². The minimum Gasteiger partial charge on any atom is -0.508 e. The third kappa shape index (κ3) is 3.88. The number of hydrogen-bond donors (Lipinski definition) is 1. The summed E-state index contributed by atoms with van der Waals surface area (Å²) in [6.07, 6.45) is 3.12. The first-order valence-corrected chi connectivity index (χ1v) is 10.1. The molecule has 3 rings (SSSR count). The van der Waals surface area contributed by atoms with E-state index in [0.717, 1.165) is 49.6 Å². The fraction of sp³-hybridized carbons (Fsp3) is 0.467. The number of aromatic nitrogens is 2. The summed E-state index contributed by atoms with van der Waals surface area (Å²) >= 11 is 0.957. The predicted octanol–water partition coefficient (Wildman–Crippen LogP) is 2.03. The van der Waals surface area contributed by atoms with E-state index < -0.39 is 9.84 Å². The standard InChI is InChI=1S/C15H19N3O3S2/c1-23(20,21)15-14(16-17-22-15)12-5-3-7-18(10-12)9-11-4-2-6-13(19)8-11/h2,4,6,8,12,19H,3,5,7,9-10H2,1H3/t12-/m0/s1. The molecule has 0 aliphatic carbocycles. The number of likely N-dealkylation sites (tertiary alicyclic amines) is 1. The molecule has 1 fully saturated rings. The molecule has 1 atom stereocenters. The van der Waals surface area contributed by atoms with Crippen molar-refractivity contribution < 1.29 is 13.5 Å². The van der Waals surface area contributed by atoms with E-state index in [4.69, 9.17) is 0 Å². The lowest BCUT2D eigenvalue weighted by atomic mass is 9.95. The quantitative estimate of drug-likeness (QED) is 0.905. The monoisotopic (exact) mass is 353 g/mol. The summed E-state index contributed by atoms with van der Waals surface area (Å²) in [5, 5.41) is 13.7. The van der Waals surface area contributed by atoms with Crippen molar-refractivity contribution in [2.75, 3.05) is 19.3 Å². The number of hydrogen-bond acceptors (Lipinski definition) is 7. The maximum atomic E-state index is 11.9. The first-order chi connectivity index (χ1) is 10.9. The molecule has 8 heteroatoms. The van der Waals surface area contributed by atoms with Crippen LogP contribution in [0.5, 0.6) is 5.75 Å². The Kier molecular flexibility index (Phi) is 4.65. The van der Waals surface area contributed by atoms with Crippen LogP contribution in [0, 0.1) is 0 Å². The van der Waals surface area contributed by atoms with Gasteiger partial charge in [-0.15, -0.1) is 5.10 Å². The number of phenols is 1. The van der Waals surface area contributed by atoms with Gasteiger partial charge in [0.15, 0.2) is 14.0 Å². The molecule has 2 aromatic rings. The Morgan fingerprint density at radius 3 is 3.00 bits per heavy atom. The lowest BCUT2D eigenvalue weighted by Gasteiger charge is -2.32. The van der Waals surface area contributed by atoms with Crippen LogP contribution in [0.4, 0.5) is 0 Å². The van der Waals surface area contributed by atoms with E-state index in [1.54, 1.807) is 12.1 Å². The fourth-order valence-corrected chi connectivity index (χ4v) is 4.76. The maximum absolute atomic E-state index is 11.9. The van der Waals surface area contributed by atoms with Crippen LogP contribution < -0.4 is 0 Å². The minimum atomic E-state index is -3.28. The molecule has 124 valence electrons. The molecule has 1 aromatic heterocycles. The molecular formula is C15H19N3O3S2. The number of sulfone groups is 1. The van der Waals surface area contributed by atoms with Crippen molar-refractivity contribution in [1.82, 2.24) is 14.5 Å². The Balaban J connectivity index is 1.75. The fourth-order valence-electron chi connectivity index (χ4n) is 3.03. The summed E-state index contributed by atoms with van der Waals surface area (Å²) in [5.74, 6) is 0.351. The van der Waals surface area contributed by atoms with Crippen LogP contribution in [0.2, 0.25) is 0 Å². The molecule has 0 bridgehead atoms. The van der Waals surface area contributed by atoms with Gasteiger partial charge >= 0.3 is 0 Å². The molecular weight excluding hydrogens is 334 g/mol. The van der Waals surface area contributed by atoms with Crippen LogP contribution >= 0.6 is 11.5 Å². The largest absolute Gasteiger partial charge is 0.508 e. The van der Waals surface area contributed by atoms with Crippen molar-refractivity contribution in [1.29, 1.82) is 0 Å². The van der Waals surface area contributed by atoms with Crippen LogP contribution in [0.15, 0.2) is 28.5 Å². The van der Waals surface area contributed by atoms with Gasteiger partial charge in [-0.3, -0.25) is 4.90 Å². The van der Waals surface area contributed by atoms with Crippen molar-refractivity contribution in [3.05, 3.63) is 35.5 Å². The molecule has 2 heterocycles. The zero-order valence-electron chi connectivity index (χ0n) is 12.8. The normalized spacial score (nSPS) is 19.8. The average molecular weight is 353 g/mol. The number of phenolic OH excluding ortho intramolecular Hbond substituents is 1. The average Bonchev–Trinajstić information content (AvgIpc) is 2.97. The predicted molar refractivity (Wildman–Crippen MR) is 88.4 cm³/mol. The van der Waals surface area contributed by atoms with Crippen molar-refractivity contribution in [2.45, 2.75) is 29.5 Å². The Hall–Kier alpha value is -1.51. The van der Waals surface area contributed by atoms with Crippen LogP contribution in [0.3, 0.4) is 0 Å². The van der Waals surface area contributed by atoms with Gasteiger partial charge < -0.3 is 5.11 Å². The highest BCUT2D eigenvalue weighted by atomic mass is 32.2. The molecule has 0 amide bonds. The van der Waals surface area contributed by atoms with Gasteiger partial charge in [-0.1, -0.05) is 16.6 Å². The van der Waals surface area contributed by atoms with Gasteiger partial charge in [0, 0.05) is 36.8 Å². The second kappa shape index (κ2) is 6.54. The number of piperidine rings is 1. The number of aromatic hydroxyl groups is 1. The highest BCUT2D eigenvalue weighted by molar-refractivity contribution is 7.92. The highest BCUT2D eigenvalue weighted by Crippen LogP contribution is 2.32. The summed E-state index contributed by atoms with van der Waals surface area (Å²) in [6.45, 7) is 2.44. The first-order valence-electron chi connectivity index (χ1n) is 7.46. The van der Waals surface area contributed by atoms with Crippen molar-refractivity contribution in [2.24, 2.45) is 0 Å². The molecule has 0 saturated carbocycles. The number of rotatable bonds is 4. The van der Waals surface area contributed by atoms with E-state index in [1.807, 2.05) is 12.1 Å². The van der Waals surface area contributed by atoms with Crippen LogP contribution in [0.25, 0.3) is 0 Å². The summed E-state index contributed by atoms with van der Waals surface area (Å²) < 4.78 is 27.9. The Bertz CT molecular complexity index is 789. The molecule has 0 radical (unpaired) electrons. The molecule has 0 unspecified atom stereocenters. The summed E-state index contributed by atoms with van der Waals surface area (Å²) in [4.78, 5) is 2.27. The molecule has 1 aromatic carbocycles. The zero-order valence-corrected chi connectivity index (χ0v) is 14.5. The molecule has 1 saturated heterocycles. The molecule has 1 N–H and O–H groups in total. The topological polar surface area (TPSA) is 83.4 Å². The van der Waals surface area contributed by atoms with E-state index in [9.17, 15) is 13.5 Å². The van der Waals surface area contributed by atoms with Gasteiger partial charge in [0.2, 0.25) is 0 Å². The summed E-state index contributed by atoms with van der Waals surface area (Å²) in [6, 6.07) is 7.23. The van der Waals surface area contributed by atoms with Gasteiger partial charge in [0.05, 0.1) is 5.69 Å². The van der Waals surface area contributed by atoms with E-state index in [0.29, 0.717) is 9.90 Å². The second-order valence-electron chi connectivity index (χ2n) is 5.96. The van der Waals surface area contributed by atoms with Gasteiger partial charge in [-0.05, 0) is 37.1 Å². The van der Waals surface area contributed by atoms with Crippen molar-refractivity contribution in [3.8, 4) is 5.75 Å². The van der Waals surface area contributed by atoms with Gasteiger partial charge in [0.1, 0.15) is 5.75 Å². The Morgan fingerprint density at radius 1 is 1.43 bits per heavy atom. The van der Waals surface area contributed by atoms with Crippen LogP contribution in [0.1, 0.15) is 30.0 Å². The summed E-state index contributed by atoms with van der Waals surface area (Å²) in [5.41, 5.74) is 1.66. The van der Waals surface area contributed by atoms with Crippen LogP contribution in [-0.2, 0) is 16.4 Å². The number of nitrogens with zero attached hydrogens (tertiary/aromatic N) is 3. The van der Waals surface area contributed by atoms with Crippen LogP contribution in [-0.4, -0.2) is 47.4 Å². The lowest BCUT2D eigenvalue weighted by Crippen LogP contribution is -2.34. The third-order valence-corrected chi connectivity index (χ3v) is 6.58. The minimum absolute atomic E-state index is 0.0875. The molecule has 1 aliphatic heterocycles. The van der Waals surface area contributed by atoms with Gasteiger partial charge in [-0.2, -0.15) is 0 Å². The molecule has 1 aliphatic rings. The smallest absolute Gasteiger partial charge is 0.188 e. The van der Waals surface area contributed by atoms with E-state index in [1.165, 1.54) is 6.26 Å². The second-order valence-corrected chi connectivity index (χ2v) is 8.93. The van der Waals surface area contributed by atoms with Crippen molar-refractivity contribution in [3.63, 3.8) is 0 Å². The Labute approximate surface area is 139 Å². The molecule has 23 heavy (non-hydrogen) atoms. The third-order valence-electron chi connectivity index (χ3n) is 4.03.